The van der Waals surface area contributed by atoms with E-state index >= 15 is 0 Å². The number of hydrogen-bond acceptors (Lipinski definition) is 5. The lowest BCUT2D eigenvalue weighted by atomic mass is 9.58. The summed E-state index contributed by atoms with van der Waals surface area (Å²) < 4.78 is 59.2. The summed E-state index contributed by atoms with van der Waals surface area (Å²) in [6, 6.07) is 10.0. The van der Waals surface area contributed by atoms with Crippen LogP contribution in [0.5, 0.6) is 0 Å². The fraction of sp³-hybridized carbons (Fsp3) is 0.471. The van der Waals surface area contributed by atoms with Crippen LogP contribution < -0.4 is 10.2 Å². The lowest BCUT2D eigenvalue weighted by Gasteiger charge is -2.46. The summed E-state index contributed by atoms with van der Waals surface area (Å²) in [5.41, 5.74) is -0.416. The van der Waals surface area contributed by atoms with Gasteiger partial charge >= 0.3 is 6.18 Å². The predicted molar refractivity (Wildman–Crippen MR) is 163 cm³/mol. The number of alkyl halides is 4. The first-order valence-corrected chi connectivity index (χ1v) is 15.4. The minimum absolute atomic E-state index is 0.00198. The van der Waals surface area contributed by atoms with Crippen LogP contribution in [0.25, 0.3) is 0 Å². The van der Waals surface area contributed by atoms with Crippen LogP contribution in [-0.4, -0.2) is 57.8 Å². The molecule has 2 fully saturated rings. The fourth-order valence-electron chi connectivity index (χ4n) is 7.46. The fourth-order valence-corrected chi connectivity index (χ4v) is 7.46. The molecule has 3 heterocycles. The second-order valence-electron chi connectivity index (χ2n) is 13.1. The molecule has 242 valence electrons. The van der Waals surface area contributed by atoms with E-state index in [2.05, 4.69) is 34.3 Å². The lowest BCUT2D eigenvalue weighted by Crippen LogP contribution is -2.43. The van der Waals surface area contributed by atoms with Crippen molar-refractivity contribution in [2.75, 3.05) is 31.2 Å². The van der Waals surface area contributed by atoms with Crippen LogP contribution in [0, 0.1) is 23.2 Å². The van der Waals surface area contributed by atoms with Gasteiger partial charge in [0.2, 0.25) is 0 Å². The molecule has 0 radical (unpaired) electrons. The number of aryl methyl sites for hydroxylation is 1. The number of benzene rings is 2. The molecule has 1 aliphatic carbocycles. The molecule has 3 aromatic rings. The van der Waals surface area contributed by atoms with Crippen molar-refractivity contribution < 1.29 is 27.2 Å². The summed E-state index contributed by atoms with van der Waals surface area (Å²) in [7, 11) is 1.89. The van der Waals surface area contributed by atoms with Crippen molar-refractivity contribution >= 4 is 17.5 Å². The molecule has 0 unspecified atom stereocenters. The third-order valence-electron chi connectivity index (χ3n) is 9.72. The zero-order valence-electron chi connectivity index (χ0n) is 26.0. The van der Waals surface area contributed by atoms with Gasteiger partial charge in [-0.2, -0.15) is 13.2 Å². The van der Waals surface area contributed by atoms with Crippen molar-refractivity contribution in [3.8, 4) is 11.8 Å². The number of carbonyl (C=O) groups is 2. The average molecular weight is 637 g/mol. The summed E-state index contributed by atoms with van der Waals surface area (Å²) in [6.07, 6.45) is -0.927. The molecule has 3 aliphatic rings. The van der Waals surface area contributed by atoms with Gasteiger partial charge < -0.3 is 19.7 Å². The van der Waals surface area contributed by atoms with Crippen LogP contribution in [0.2, 0.25) is 0 Å². The standard InChI is InChI=1S/C34H36F4N6O2/c1-4-6-29(45)43-10-9-32(18-35,20-43)19-39-16-23-11-26-27(28(12-23)34(36,37)38)17-44(30(26)46)25-8-5-7-24(13-25)33(14-22(2)15-33)31-41-40-21-42(31)3/h5,7-8,11-13,21-22,39H,9-10,14-20H2,1-3H3/t22?,32-,33?/m0/s1. The van der Waals surface area contributed by atoms with Gasteiger partial charge in [0.1, 0.15) is 12.2 Å². The maximum atomic E-state index is 14.4. The number of likely N-dealkylation sites (tertiary alicyclic amines) is 1. The van der Waals surface area contributed by atoms with Crippen molar-refractivity contribution in [1.29, 1.82) is 0 Å². The number of hydrogen-bond donors (Lipinski definition) is 1. The Kier molecular flexibility index (Phi) is 8.17. The topological polar surface area (TPSA) is 83.4 Å². The molecule has 0 bridgehead atoms. The third-order valence-corrected chi connectivity index (χ3v) is 9.72. The van der Waals surface area contributed by atoms with Gasteiger partial charge in [-0.15, -0.1) is 10.2 Å². The molecule has 6 rings (SSSR count). The Labute approximate surface area is 265 Å². The second-order valence-corrected chi connectivity index (χ2v) is 13.1. The van der Waals surface area contributed by atoms with Crippen molar-refractivity contribution in [2.45, 2.75) is 57.8 Å². The summed E-state index contributed by atoms with van der Waals surface area (Å²) in [5, 5.41) is 11.5. The van der Waals surface area contributed by atoms with Gasteiger partial charge in [0.05, 0.1) is 24.2 Å². The number of nitrogens with zero attached hydrogens (tertiary/aromatic N) is 5. The van der Waals surface area contributed by atoms with Gasteiger partial charge in [0.25, 0.3) is 11.8 Å². The van der Waals surface area contributed by atoms with E-state index in [1.54, 1.807) is 19.3 Å². The van der Waals surface area contributed by atoms with Crippen LogP contribution in [0.3, 0.4) is 0 Å². The van der Waals surface area contributed by atoms with E-state index in [1.165, 1.54) is 15.9 Å². The summed E-state index contributed by atoms with van der Waals surface area (Å²) in [5.74, 6) is 5.43. The Hall–Kier alpha value is -4.24. The first kappa shape index (κ1) is 31.7. The number of halogens is 4. The number of aromatic nitrogens is 3. The van der Waals surface area contributed by atoms with Crippen LogP contribution in [0.4, 0.5) is 23.2 Å². The Morgan fingerprint density at radius 2 is 1.98 bits per heavy atom. The molecule has 1 atom stereocenters. The zero-order chi connectivity index (χ0) is 32.9. The number of anilines is 1. The molecule has 1 saturated heterocycles. The van der Waals surface area contributed by atoms with Crippen molar-refractivity contribution in [3.63, 3.8) is 0 Å². The summed E-state index contributed by atoms with van der Waals surface area (Å²) in [4.78, 5) is 28.8. The van der Waals surface area contributed by atoms with Crippen LogP contribution in [-0.2, 0) is 36.5 Å². The number of fused-ring (bicyclic) bond motifs is 1. The quantitative estimate of drug-likeness (QED) is 0.278. The van der Waals surface area contributed by atoms with E-state index in [9.17, 15) is 27.2 Å². The van der Waals surface area contributed by atoms with Crippen molar-refractivity contribution in [3.05, 3.63) is 76.4 Å². The Bertz CT molecular complexity index is 1730. The molecular formula is C34H36F4N6O2. The number of rotatable bonds is 8. The predicted octanol–water partition coefficient (Wildman–Crippen LogP) is 5.01. The van der Waals surface area contributed by atoms with Gasteiger partial charge in [-0.25, -0.2) is 0 Å². The maximum Gasteiger partial charge on any atom is 0.416 e. The maximum absolute atomic E-state index is 14.4. The van der Waals surface area contributed by atoms with E-state index in [0.29, 0.717) is 24.6 Å². The van der Waals surface area contributed by atoms with E-state index < -0.39 is 35.2 Å². The van der Waals surface area contributed by atoms with Crippen molar-refractivity contribution in [2.24, 2.45) is 18.4 Å². The molecule has 1 N–H and O–H groups in total. The Morgan fingerprint density at radius 1 is 1.20 bits per heavy atom. The minimum Gasteiger partial charge on any atom is -0.331 e. The van der Waals surface area contributed by atoms with Crippen LogP contribution in [0.15, 0.2) is 42.7 Å². The first-order valence-electron chi connectivity index (χ1n) is 15.4. The zero-order valence-corrected chi connectivity index (χ0v) is 26.0. The molecule has 1 saturated carbocycles. The average Bonchev–Trinajstić information content (AvgIpc) is 3.73. The normalized spacial score (nSPS) is 24.1. The molecule has 1 aromatic heterocycles. The highest BCUT2D eigenvalue weighted by Crippen LogP contribution is 2.52. The van der Waals surface area contributed by atoms with Crippen molar-refractivity contribution in [1.82, 2.24) is 25.0 Å². The summed E-state index contributed by atoms with van der Waals surface area (Å²) in [6.45, 7) is 3.51. The molecule has 8 nitrogen and oxygen atoms in total. The Balaban J connectivity index is 1.24. The molecule has 0 spiro atoms. The molecular weight excluding hydrogens is 600 g/mol. The van der Waals surface area contributed by atoms with Crippen LogP contribution >= 0.6 is 0 Å². The lowest BCUT2D eigenvalue weighted by molar-refractivity contribution is -0.138. The van der Waals surface area contributed by atoms with E-state index in [4.69, 9.17) is 0 Å². The van der Waals surface area contributed by atoms with Gasteiger partial charge in [-0.1, -0.05) is 25.0 Å². The highest BCUT2D eigenvalue weighted by atomic mass is 19.4. The smallest absolute Gasteiger partial charge is 0.331 e. The second kappa shape index (κ2) is 11.8. The minimum atomic E-state index is -4.68. The number of nitrogens with one attached hydrogen (secondary N) is 1. The largest absolute Gasteiger partial charge is 0.416 e. The van der Waals surface area contributed by atoms with Gasteiger partial charge in [-0.3, -0.25) is 14.0 Å². The Morgan fingerprint density at radius 3 is 2.63 bits per heavy atom. The van der Waals surface area contributed by atoms with Gasteiger partial charge in [0.15, 0.2) is 0 Å². The highest BCUT2D eigenvalue weighted by Gasteiger charge is 2.49. The highest BCUT2D eigenvalue weighted by molar-refractivity contribution is 6.10. The van der Waals surface area contributed by atoms with E-state index in [-0.39, 0.29) is 48.8 Å². The molecule has 2 aliphatic heterocycles. The van der Waals surface area contributed by atoms with Gasteiger partial charge in [-0.05, 0) is 79.0 Å². The third kappa shape index (κ3) is 5.55. The van der Waals surface area contributed by atoms with E-state index in [1.807, 2.05) is 29.8 Å². The number of amides is 2. The van der Waals surface area contributed by atoms with Crippen LogP contribution in [0.1, 0.15) is 71.5 Å². The SMILES string of the molecule is CC#CC(=O)N1CC[C@](CF)(CNCc2cc3c(c(C(F)(F)F)c2)CN(c2cccc(C4(c5nncn5C)CC(C)C4)c2)C3=O)C1. The monoisotopic (exact) mass is 636 g/mol. The number of carbonyl (C=O) groups excluding carboxylic acids is 2. The molecule has 2 aromatic carbocycles. The molecule has 46 heavy (non-hydrogen) atoms. The first-order chi connectivity index (χ1) is 21.9. The molecule has 12 heteroatoms. The molecule has 2 amide bonds. The van der Waals surface area contributed by atoms with E-state index in [0.717, 1.165) is 30.3 Å². The van der Waals surface area contributed by atoms with Gasteiger partial charge in [0, 0.05) is 49.9 Å². The summed E-state index contributed by atoms with van der Waals surface area (Å²) >= 11 is 0.